The molecule has 0 amide bonds. The fraction of sp³-hybridized carbons (Fsp3) is 0.0909. The van der Waals surface area contributed by atoms with Crippen LogP contribution in [0.4, 0.5) is 0 Å². The van der Waals surface area contributed by atoms with Gasteiger partial charge in [-0.3, -0.25) is 0 Å². The molecule has 1 radical (unpaired) electrons. The van der Waals surface area contributed by atoms with Crippen molar-refractivity contribution in [3.8, 4) is 28.0 Å². The van der Waals surface area contributed by atoms with Crippen molar-refractivity contribution < 1.29 is 9.68 Å². The summed E-state index contributed by atoms with van der Waals surface area (Å²) in [6.07, 6.45) is 0. The minimum absolute atomic E-state index is 0.646. The van der Waals surface area contributed by atoms with E-state index in [0.717, 1.165) is 17.9 Å². The highest BCUT2D eigenvalue weighted by molar-refractivity contribution is 14.1. The summed E-state index contributed by atoms with van der Waals surface area (Å²) in [5.41, 5.74) is 8.54. The molecule has 0 aliphatic heterocycles. The number of benzene rings is 5. The summed E-state index contributed by atoms with van der Waals surface area (Å²) in [5.74, 6) is 0.646. The summed E-state index contributed by atoms with van der Waals surface area (Å²) < 4.78 is 11.6. The van der Waals surface area contributed by atoms with E-state index in [1.807, 2.05) is 19.1 Å². The first-order valence-corrected chi connectivity index (χ1v) is 17.9. The quantitative estimate of drug-likeness (QED) is 0.0841. The highest BCUT2D eigenvalue weighted by Gasteiger charge is 2.12. The Balaban J connectivity index is 0.000000201. The van der Waals surface area contributed by atoms with Crippen LogP contribution in [0, 0.1) is 27.9 Å². The van der Waals surface area contributed by atoms with Gasteiger partial charge >= 0.3 is 7.69 Å². The van der Waals surface area contributed by atoms with E-state index in [2.05, 4.69) is 196 Å². The normalized spacial score (nSPS) is 10.1. The molecule has 5 rings (SSSR count). The maximum absolute atomic E-state index is 8.24. The molecular weight excluding hydrogens is 1010 g/mol. The predicted octanol–water partition coefficient (Wildman–Crippen LogP) is 12.5. The average molecular weight is 1040 g/mol. The molecule has 0 unspecified atom stereocenters. The van der Waals surface area contributed by atoms with E-state index in [0.29, 0.717) is 13.4 Å². The second-order valence-electron chi connectivity index (χ2n) is 9.21. The molecule has 9 heteroatoms. The number of hydrogen-bond acceptors (Lipinski definition) is 2. The van der Waals surface area contributed by atoms with Gasteiger partial charge in [0.1, 0.15) is 0 Å². The van der Waals surface area contributed by atoms with Crippen molar-refractivity contribution in [2.75, 3.05) is 0 Å². The van der Waals surface area contributed by atoms with Crippen molar-refractivity contribution in [2.45, 2.75) is 20.8 Å². The van der Waals surface area contributed by atoms with Crippen LogP contribution in [0.15, 0.2) is 115 Å². The molecule has 1 N–H and O–H groups in total. The topological polar surface area (TPSA) is 29.5 Å². The van der Waals surface area contributed by atoms with Crippen molar-refractivity contribution in [3.05, 3.63) is 139 Å². The minimum atomic E-state index is 0.646. The average Bonchev–Trinajstić information content (AvgIpc) is 2.99. The van der Waals surface area contributed by atoms with Gasteiger partial charge in [-0.25, -0.2) is 0 Å². The maximum atomic E-state index is 8.24. The largest absolute Gasteiger partial charge is 0.569 e. The van der Waals surface area contributed by atoms with Crippen LogP contribution in [-0.4, -0.2) is 12.7 Å². The van der Waals surface area contributed by atoms with Gasteiger partial charge in [0, 0.05) is 25.0 Å². The first kappa shape index (κ1) is 35.8. The summed E-state index contributed by atoms with van der Waals surface area (Å²) in [4.78, 5) is 0. The fourth-order valence-electron chi connectivity index (χ4n) is 3.64. The van der Waals surface area contributed by atoms with Gasteiger partial charge in [0.2, 0.25) is 0 Å². The van der Waals surface area contributed by atoms with E-state index in [4.69, 9.17) is 9.68 Å². The lowest BCUT2D eigenvalue weighted by Crippen LogP contribution is -1.99. The van der Waals surface area contributed by atoms with E-state index < -0.39 is 0 Å². The Kier molecular flexibility index (Phi) is 15.1. The number of halogens is 6. The summed E-state index contributed by atoms with van der Waals surface area (Å²) in [7, 11) is 0.671. The summed E-state index contributed by atoms with van der Waals surface area (Å²) in [5, 5.41) is 8.24. The molecule has 42 heavy (non-hydrogen) atoms. The van der Waals surface area contributed by atoms with Crippen molar-refractivity contribution >= 4 is 117 Å². The fourth-order valence-corrected chi connectivity index (χ4v) is 7.12. The molecule has 5 aromatic carbocycles. The molecule has 0 spiro atoms. The zero-order chi connectivity index (χ0) is 30.8. The molecule has 215 valence electrons. The van der Waals surface area contributed by atoms with Crippen LogP contribution < -0.4 is 4.65 Å². The van der Waals surface area contributed by atoms with E-state index in [-0.39, 0.29) is 0 Å². The highest BCUT2D eigenvalue weighted by atomic mass is 127. The van der Waals surface area contributed by atoms with Gasteiger partial charge in [-0.15, -0.1) is 0 Å². The Bertz CT molecular complexity index is 1510. The third-order valence-corrected chi connectivity index (χ3v) is 13.6. The van der Waals surface area contributed by atoms with E-state index in [9.17, 15) is 0 Å². The van der Waals surface area contributed by atoms with Gasteiger partial charge in [-0.2, -0.15) is 0 Å². The molecule has 0 aliphatic carbocycles. The zero-order valence-electron chi connectivity index (χ0n) is 22.9. The Morgan fingerprint density at radius 2 is 0.833 bits per heavy atom. The van der Waals surface area contributed by atoms with E-state index in [1.54, 1.807) is 12.1 Å². The first-order chi connectivity index (χ1) is 20.0. The molecule has 0 atom stereocenters. The van der Waals surface area contributed by atoms with Crippen LogP contribution in [0.1, 0.15) is 16.7 Å². The summed E-state index contributed by atoms with van der Waals surface area (Å²) in [6, 6.07) is 33.1. The molecular formula is C33H26BBr4I2O2. The first-order valence-electron chi connectivity index (χ1n) is 12.6. The summed E-state index contributed by atoms with van der Waals surface area (Å²) in [6.45, 7) is 6.21. The predicted molar refractivity (Wildman–Crippen MR) is 209 cm³/mol. The second kappa shape index (κ2) is 17.7. The van der Waals surface area contributed by atoms with Crippen molar-refractivity contribution in [1.29, 1.82) is 0 Å². The molecule has 0 saturated heterocycles. The Hall–Kier alpha value is -0.695. The second-order valence-corrected chi connectivity index (χ2v) is 14.7. The molecule has 2 nitrogen and oxygen atoms in total. The smallest absolute Gasteiger partial charge is 0.537 e. The number of aryl methyl sites for hydroxylation is 3. The molecule has 0 saturated carbocycles. The van der Waals surface area contributed by atoms with Crippen LogP contribution in [0.2, 0.25) is 0 Å². The van der Waals surface area contributed by atoms with E-state index in [1.165, 1.54) is 46.1 Å². The minimum Gasteiger partial charge on any atom is -0.537 e. The van der Waals surface area contributed by atoms with Gasteiger partial charge in [-0.1, -0.05) is 89.5 Å². The van der Waals surface area contributed by atoms with Gasteiger partial charge < -0.3 is 9.68 Å². The summed E-state index contributed by atoms with van der Waals surface area (Å²) >= 11 is 19.0. The zero-order valence-corrected chi connectivity index (χ0v) is 33.6. The molecule has 5 aromatic rings. The number of rotatable bonds is 4. The van der Waals surface area contributed by atoms with Gasteiger partial charge in [0.05, 0.1) is 5.75 Å². The Morgan fingerprint density at radius 3 is 1.17 bits per heavy atom. The van der Waals surface area contributed by atoms with E-state index >= 15 is 0 Å². The van der Waals surface area contributed by atoms with Crippen molar-refractivity contribution in [3.63, 3.8) is 0 Å². The standard InChI is InChI=1S/C20H16Br2.C7H8BO2.C6H2Br2I2/c1-13-3-7-15(8-4-13)17-11-12-18(20(22)19(17)21)16-9-5-14(2)6-10-16;1-6-2-4-7(5-3-6)10-8-9;7-5-3(9)1-2-4(10)6(5)8/h3-12H,1-2H3;2-5,9H,1H3;1-2H. The number of hydrogen-bond donors (Lipinski definition) is 1. The monoisotopic (exact) mass is 1030 g/mol. The Morgan fingerprint density at radius 1 is 0.500 bits per heavy atom. The molecule has 0 aromatic heterocycles. The van der Waals surface area contributed by atoms with Crippen LogP contribution in [-0.2, 0) is 0 Å². The highest BCUT2D eigenvalue weighted by Crippen LogP contribution is 2.40. The lowest BCUT2D eigenvalue weighted by Gasteiger charge is -2.12. The van der Waals surface area contributed by atoms with Gasteiger partial charge in [-0.05, 0) is 176 Å². The molecule has 0 heterocycles. The molecule has 0 bridgehead atoms. The maximum Gasteiger partial charge on any atom is 0.569 e. The van der Waals surface area contributed by atoms with Crippen LogP contribution in [0.25, 0.3) is 22.3 Å². The Labute approximate surface area is 310 Å². The van der Waals surface area contributed by atoms with Crippen LogP contribution in [0.3, 0.4) is 0 Å². The third-order valence-electron chi connectivity index (χ3n) is 6.01. The SMILES string of the molecule is Brc1c(I)ccc(I)c1Br.Cc1ccc(-c2ccc(-c3ccc(C)cc3)c(Br)c2Br)cc1.Cc1ccc(O[B]O)cc1. The van der Waals surface area contributed by atoms with Crippen molar-refractivity contribution in [1.82, 2.24) is 0 Å². The lowest BCUT2D eigenvalue weighted by atomic mass is 9.99. The van der Waals surface area contributed by atoms with Crippen molar-refractivity contribution in [2.24, 2.45) is 0 Å². The molecule has 0 fully saturated rings. The van der Waals surface area contributed by atoms with Gasteiger partial charge in [0.25, 0.3) is 0 Å². The van der Waals surface area contributed by atoms with Crippen LogP contribution in [0.5, 0.6) is 5.75 Å². The lowest BCUT2D eigenvalue weighted by molar-refractivity contribution is 0.454. The third kappa shape index (κ3) is 10.4. The van der Waals surface area contributed by atoms with Gasteiger partial charge in [0.15, 0.2) is 0 Å². The van der Waals surface area contributed by atoms with Crippen LogP contribution >= 0.6 is 109 Å². The molecule has 0 aliphatic rings.